The number of aryl methyl sites for hydroxylation is 2. The highest BCUT2D eigenvalue weighted by Gasteiger charge is 2.20. The van der Waals surface area contributed by atoms with Gasteiger partial charge in [0, 0.05) is 34.3 Å². The van der Waals surface area contributed by atoms with Crippen LogP contribution in [0.5, 0.6) is 0 Å². The molecule has 0 saturated carbocycles. The maximum atomic E-state index is 9.69. The number of nitrogens with zero attached hydrogens (tertiary/aromatic N) is 2. The lowest BCUT2D eigenvalue weighted by Crippen LogP contribution is -2.12. The van der Waals surface area contributed by atoms with Gasteiger partial charge in [-0.05, 0) is 54.8 Å². The van der Waals surface area contributed by atoms with Gasteiger partial charge in [0.2, 0.25) is 0 Å². The van der Waals surface area contributed by atoms with E-state index in [9.17, 15) is 5.21 Å². The smallest absolute Gasteiger partial charge is 0.0878 e. The van der Waals surface area contributed by atoms with Crippen LogP contribution in [0.1, 0.15) is 40.3 Å². The third-order valence-corrected chi connectivity index (χ3v) is 5.11. The highest BCUT2D eigenvalue weighted by atomic mass is 79.9. The van der Waals surface area contributed by atoms with Crippen molar-refractivity contribution in [3.05, 3.63) is 99.3 Å². The van der Waals surface area contributed by atoms with Crippen molar-refractivity contribution in [1.82, 2.24) is 4.98 Å². The molecule has 26 heavy (non-hydrogen) atoms. The first-order valence-electron chi connectivity index (χ1n) is 8.53. The van der Waals surface area contributed by atoms with E-state index in [-0.39, 0.29) is 5.92 Å². The third kappa shape index (κ3) is 4.20. The molecule has 1 N–H and O–H groups in total. The predicted octanol–water partition coefficient (Wildman–Crippen LogP) is 5.86. The Bertz CT molecular complexity index is 919. The van der Waals surface area contributed by atoms with Crippen molar-refractivity contribution >= 4 is 21.6 Å². The van der Waals surface area contributed by atoms with Crippen LogP contribution < -0.4 is 0 Å². The average molecular weight is 409 g/mol. The van der Waals surface area contributed by atoms with Gasteiger partial charge in [0.1, 0.15) is 0 Å². The van der Waals surface area contributed by atoms with E-state index in [1.807, 2.05) is 37.3 Å². The molecule has 4 heteroatoms. The Hall–Kier alpha value is -2.46. The summed E-state index contributed by atoms with van der Waals surface area (Å²) in [5.74, 6) is 0.101. The van der Waals surface area contributed by atoms with Crippen molar-refractivity contribution in [2.45, 2.75) is 26.2 Å². The molecule has 0 radical (unpaired) electrons. The largest absolute Gasteiger partial charge is 0.411 e. The maximum Gasteiger partial charge on any atom is 0.0878 e. The zero-order valence-corrected chi connectivity index (χ0v) is 16.4. The second-order valence-corrected chi connectivity index (χ2v) is 7.31. The molecule has 3 rings (SSSR count). The Labute approximate surface area is 162 Å². The first-order chi connectivity index (χ1) is 12.6. The van der Waals surface area contributed by atoms with E-state index in [0.717, 1.165) is 15.7 Å². The first kappa shape index (κ1) is 18.3. The van der Waals surface area contributed by atoms with E-state index in [1.54, 1.807) is 6.20 Å². The molecule has 2 aromatic carbocycles. The topological polar surface area (TPSA) is 45.5 Å². The van der Waals surface area contributed by atoms with E-state index in [0.29, 0.717) is 12.1 Å². The molecule has 0 aliphatic carbocycles. The number of benzene rings is 2. The van der Waals surface area contributed by atoms with Crippen LogP contribution in [0.25, 0.3) is 0 Å². The normalized spacial score (nSPS) is 12.8. The van der Waals surface area contributed by atoms with Gasteiger partial charge in [-0.2, -0.15) is 0 Å². The molecule has 1 unspecified atom stereocenters. The minimum Gasteiger partial charge on any atom is -0.411 e. The van der Waals surface area contributed by atoms with Crippen LogP contribution in [0, 0.1) is 13.8 Å². The van der Waals surface area contributed by atoms with Crippen LogP contribution in [0.3, 0.4) is 0 Å². The summed E-state index contributed by atoms with van der Waals surface area (Å²) < 4.78 is 1.05. The van der Waals surface area contributed by atoms with Crippen LogP contribution in [0.2, 0.25) is 0 Å². The molecule has 0 fully saturated rings. The van der Waals surface area contributed by atoms with Crippen molar-refractivity contribution in [2.75, 3.05) is 0 Å². The Morgan fingerprint density at radius 1 is 1.08 bits per heavy atom. The maximum absolute atomic E-state index is 9.69. The molecule has 0 aliphatic rings. The molecule has 0 amide bonds. The fraction of sp³-hybridized carbons (Fsp3) is 0.182. The van der Waals surface area contributed by atoms with Crippen LogP contribution >= 0.6 is 15.9 Å². The molecule has 3 aromatic rings. The number of hydrogen-bond acceptors (Lipinski definition) is 3. The number of aromatic nitrogens is 1. The van der Waals surface area contributed by atoms with Gasteiger partial charge in [0.05, 0.1) is 5.71 Å². The molecule has 0 bridgehead atoms. The standard InChI is InChI=1S/C22H21BrN2O/c1-15-5-3-4-6-20(15)21(17-7-9-19(23)10-8-17)14-22(25-26)18-11-12-24-16(2)13-18/h3-13,21,26H,14H2,1-2H3. The highest BCUT2D eigenvalue weighted by Crippen LogP contribution is 2.32. The van der Waals surface area contributed by atoms with Crippen molar-refractivity contribution in [1.29, 1.82) is 0 Å². The van der Waals surface area contributed by atoms with E-state index in [2.05, 4.69) is 63.3 Å². The second kappa shape index (κ2) is 8.28. The lowest BCUT2D eigenvalue weighted by Gasteiger charge is -2.21. The number of rotatable bonds is 5. The average Bonchev–Trinajstić information content (AvgIpc) is 2.65. The van der Waals surface area contributed by atoms with Crippen LogP contribution in [0.4, 0.5) is 0 Å². The molecule has 1 atom stereocenters. The SMILES string of the molecule is Cc1cc(C(CC(c2ccc(Br)cc2)c2ccccc2C)=NO)ccn1. The molecule has 1 heterocycles. The lowest BCUT2D eigenvalue weighted by atomic mass is 9.83. The molecule has 0 spiro atoms. The number of oxime groups is 1. The van der Waals surface area contributed by atoms with Crippen molar-refractivity contribution < 1.29 is 5.21 Å². The molecule has 0 saturated heterocycles. The van der Waals surface area contributed by atoms with Gasteiger partial charge in [0.15, 0.2) is 0 Å². The molecule has 0 aliphatic heterocycles. The summed E-state index contributed by atoms with van der Waals surface area (Å²) in [7, 11) is 0. The lowest BCUT2D eigenvalue weighted by molar-refractivity contribution is 0.317. The quantitative estimate of drug-likeness (QED) is 0.326. The van der Waals surface area contributed by atoms with E-state index < -0.39 is 0 Å². The fourth-order valence-electron chi connectivity index (χ4n) is 3.22. The minimum absolute atomic E-state index is 0.101. The van der Waals surface area contributed by atoms with E-state index in [1.165, 1.54) is 16.7 Å². The monoisotopic (exact) mass is 408 g/mol. The number of hydrogen-bond donors (Lipinski definition) is 1. The predicted molar refractivity (Wildman–Crippen MR) is 109 cm³/mol. The number of pyridine rings is 1. The van der Waals surface area contributed by atoms with Crippen LogP contribution in [-0.2, 0) is 0 Å². The molecule has 3 nitrogen and oxygen atoms in total. The van der Waals surface area contributed by atoms with Crippen LogP contribution in [0.15, 0.2) is 76.5 Å². The van der Waals surface area contributed by atoms with Crippen molar-refractivity contribution in [3.8, 4) is 0 Å². The summed E-state index contributed by atoms with van der Waals surface area (Å²) in [6, 6.07) is 20.5. The Kier molecular flexibility index (Phi) is 5.84. The van der Waals surface area contributed by atoms with Gasteiger partial charge in [-0.15, -0.1) is 0 Å². The zero-order valence-electron chi connectivity index (χ0n) is 14.9. The Balaban J connectivity index is 2.03. The summed E-state index contributed by atoms with van der Waals surface area (Å²) in [5, 5.41) is 13.3. The summed E-state index contributed by atoms with van der Waals surface area (Å²) in [6.07, 6.45) is 2.35. The minimum atomic E-state index is 0.101. The third-order valence-electron chi connectivity index (χ3n) is 4.58. The first-order valence-corrected chi connectivity index (χ1v) is 9.32. The summed E-state index contributed by atoms with van der Waals surface area (Å²) in [5.41, 5.74) is 6.11. The molecular weight excluding hydrogens is 388 g/mol. The Morgan fingerprint density at radius 3 is 2.46 bits per heavy atom. The van der Waals surface area contributed by atoms with Gasteiger partial charge in [-0.1, -0.05) is 57.5 Å². The molecule has 132 valence electrons. The second-order valence-electron chi connectivity index (χ2n) is 6.40. The fourth-order valence-corrected chi connectivity index (χ4v) is 3.48. The highest BCUT2D eigenvalue weighted by molar-refractivity contribution is 9.10. The summed E-state index contributed by atoms with van der Waals surface area (Å²) in [6.45, 7) is 4.06. The molecular formula is C22H21BrN2O. The van der Waals surface area contributed by atoms with E-state index >= 15 is 0 Å². The molecule has 1 aromatic heterocycles. The van der Waals surface area contributed by atoms with Crippen molar-refractivity contribution in [3.63, 3.8) is 0 Å². The van der Waals surface area contributed by atoms with Gasteiger partial charge >= 0.3 is 0 Å². The van der Waals surface area contributed by atoms with Gasteiger partial charge < -0.3 is 5.21 Å². The van der Waals surface area contributed by atoms with E-state index in [4.69, 9.17) is 0 Å². The van der Waals surface area contributed by atoms with Gasteiger partial charge in [0.25, 0.3) is 0 Å². The zero-order chi connectivity index (χ0) is 18.5. The summed E-state index contributed by atoms with van der Waals surface area (Å²) >= 11 is 3.50. The van der Waals surface area contributed by atoms with Crippen molar-refractivity contribution in [2.24, 2.45) is 5.16 Å². The summed E-state index contributed by atoms with van der Waals surface area (Å²) in [4.78, 5) is 4.23. The van der Waals surface area contributed by atoms with Gasteiger partial charge in [-0.25, -0.2) is 0 Å². The number of halogens is 1. The van der Waals surface area contributed by atoms with Crippen LogP contribution in [-0.4, -0.2) is 15.9 Å². The van der Waals surface area contributed by atoms with Gasteiger partial charge in [-0.3, -0.25) is 4.98 Å². The Morgan fingerprint density at radius 2 is 1.81 bits per heavy atom.